The van der Waals surface area contributed by atoms with Crippen LogP contribution in [-0.4, -0.2) is 43.0 Å². The van der Waals surface area contributed by atoms with Crippen molar-refractivity contribution in [2.24, 2.45) is 0 Å². The van der Waals surface area contributed by atoms with Gasteiger partial charge < -0.3 is 15.0 Å². The van der Waals surface area contributed by atoms with Gasteiger partial charge in [-0.1, -0.05) is 23.7 Å². The first-order chi connectivity index (χ1) is 11.0. The number of halogens is 1. The monoisotopic (exact) mass is 338 g/mol. The lowest BCUT2D eigenvalue weighted by Crippen LogP contribution is -2.39. The van der Waals surface area contributed by atoms with E-state index in [4.69, 9.17) is 16.3 Å². The van der Waals surface area contributed by atoms with Crippen molar-refractivity contribution in [3.8, 4) is 0 Å². The molecule has 0 spiro atoms. The van der Waals surface area contributed by atoms with Gasteiger partial charge in [-0.25, -0.2) is 0 Å². The lowest BCUT2D eigenvalue weighted by Gasteiger charge is -2.24. The van der Waals surface area contributed by atoms with E-state index in [9.17, 15) is 9.59 Å². The predicted molar refractivity (Wildman–Crippen MR) is 89.2 cm³/mol. The fraction of sp³-hybridized carbons (Fsp3) is 0.529. The van der Waals surface area contributed by atoms with Crippen molar-refractivity contribution >= 4 is 23.4 Å². The van der Waals surface area contributed by atoms with Gasteiger partial charge in [0.25, 0.3) is 0 Å². The first-order valence-electron chi connectivity index (χ1n) is 7.86. The van der Waals surface area contributed by atoms with Crippen LogP contribution in [-0.2, 0) is 14.3 Å². The number of carbonyl (C=O) groups excluding carboxylic acids is 2. The average Bonchev–Trinajstić information content (AvgIpc) is 2.93. The van der Waals surface area contributed by atoms with E-state index in [0.717, 1.165) is 18.5 Å². The van der Waals surface area contributed by atoms with E-state index >= 15 is 0 Å². The maximum Gasteiger partial charge on any atom is 0.222 e. The first kappa shape index (κ1) is 17.8. The topological polar surface area (TPSA) is 58.6 Å². The van der Waals surface area contributed by atoms with Crippen LogP contribution in [0, 0.1) is 0 Å². The van der Waals surface area contributed by atoms with Gasteiger partial charge in [0.15, 0.2) is 0 Å². The number of methoxy groups -OCH3 is 1. The summed E-state index contributed by atoms with van der Waals surface area (Å²) in [6.45, 7) is 3.14. The summed E-state index contributed by atoms with van der Waals surface area (Å²) in [5.74, 6) is 0.0648. The minimum atomic E-state index is -0.246. The van der Waals surface area contributed by atoms with Crippen LogP contribution in [0.3, 0.4) is 0 Å². The zero-order chi connectivity index (χ0) is 16.8. The minimum Gasteiger partial charge on any atom is -0.375 e. The molecular formula is C17H23ClN2O3. The molecular weight excluding hydrogens is 316 g/mol. The van der Waals surface area contributed by atoms with E-state index in [1.165, 1.54) is 0 Å². The summed E-state index contributed by atoms with van der Waals surface area (Å²) >= 11 is 5.90. The summed E-state index contributed by atoms with van der Waals surface area (Å²) in [6, 6.07) is 7.21. The molecule has 0 unspecified atom stereocenters. The summed E-state index contributed by atoms with van der Waals surface area (Å²) < 4.78 is 5.51. The van der Waals surface area contributed by atoms with E-state index in [1.807, 2.05) is 19.1 Å². The Kier molecular flexibility index (Phi) is 6.42. The highest BCUT2D eigenvalue weighted by atomic mass is 35.5. The fourth-order valence-electron chi connectivity index (χ4n) is 2.86. The molecule has 1 fully saturated rings. The summed E-state index contributed by atoms with van der Waals surface area (Å²) in [4.78, 5) is 25.4. The summed E-state index contributed by atoms with van der Waals surface area (Å²) in [6.07, 6.45) is 1.55. The molecule has 0 saturated carbocycles. The van der Waals surface area contributed by atoms with E-state index < -0.39 is 0 Å². The second-order valence-electron chi connectivity index (χ2n) is 5.80. The van der Waals surface area contributed by atoms with Crippen molar-refractivity contribution in [2.45, 2.75) is 38.3 Å². The third-order valence-electron chi connectivity index (χ3n) is 4.08. The number of nitrogens with zero attached hydrogens (tertiary/aromatic N) is 1. The van der Waals surface area contributed by atoms with Gasteiger partial charge in [-0.2, -0.15) is 0 Å². The van der Waals surface area contributed by atoms with Crippen molar-refractivity contribution in [1.82, 2.24) is 10.2 Å². The van der Waals surface area contributed by atoms with Gasteiger partial charge in [0, 0.05) is 38.1 Å². The Morgan fingerprint density at radius 2 is 2.09 bits per heavy atom. The van der Waals surface area contributed by atoms with Crippen LogP contribution in [0.2, 0.25) is 5.02 Å². The average molecular weight is 339 g/mol. The molecule has 1 aromatic carbocycles. The number of likely N-dealkylation sites (tertiary alicyclic amines) is 1. The number of amides is 2. The van der Waals surface area contributed by atoms with Crippen LogP contribution >= 0.6 is 11.6 Å². The highest BCUT2D eigenvalue weighted by Crippen LogP contribution is 2.22. The van der Waals surface area contributed by atoms with Crippen molar-refractivity contribution in [3.63, 3.8) is 0 Å². The number of hydrogen-bond acceptors (Lipinski definition) is 3. The van der Waals surface area contributed by atoms with Gasteiger partial charge in [0.1, 0.15) is 6.10 Å². The van der Waals surface area contributed by atoms with Gasteiger partial charge in [0.2, 0.25) is 11.8 Å². The Morgan fingerprint density at radius 3 is 2.65 bits per heavy atom. The number of benzene rings is 1. The summed E-state index contributed by atoms with van der Waals surface area (Å²) in [7, 11) is 1.62. The van der Waals surface area contributed by atoms with E-state index in [-0.39, 0.29) is 24.0 Å². The fourth-order valence-corrected chi connectivity index (χ4v) is 2.99. The lowest BCUT2D eigenvalue weighted by atomic mass is 10.0. The van der Waals surface area contributed by atoms with Crippen molar-refractivity contribution in [3.05, 3.63) is 34.9 Å². The van der Waals surface area contributed by atoms with Gasteiger partial charge in [0.05, 0.1) is 6.04 Å². The van der Waals surface area contributed by atoms with Crippen molar-refractivity contribution in [1.29, 1.82) is 0 Å². The molecule has 1 aliphatic rings. The molecule has 2 rings (SSSR count). The molecule has 6 heteroatoms. The highest BCUT2D eigenvalue weighted by molar-refractivity contribution is 6.30. The Labute approximate surface area is 141 Å². The smallest absolute Gasteiger partial charge is 0.222 e. The number of rotatable bonds is 7. The van der Waals surface area contributed by atoms with Crippen LogP contribution in [0.25, 0.3) is 0 Å². The van der Waals surface area contributed by atoms with Gasteiger partial charge in [-0.05, 0) is 31.0 Å². The first-order valence-corrected chi connectivity index (χ1v) is 8.24. The molecule has 5 nitrogen and oxygen atoms in total. The number of ether oxygens (including phenoxy) is 1. The van der Waals surface area contributed by atoms with E-state index in [1.54, 1.807) is 24.1 Å². The summed E-state index contributed by atoms with van der Waals surface area (Å²) in [5.41, 5.74) is 0.958. The number of nitrogens with one attached hydrogen (secondary N) is 1. The predicted octanol–water partition coefficient (Wildman–Crippen LogP) is 2.54. The van der Waals surface area contributed by atoms with Crippen molar-refractivity contribution < 1.29 is 14.3 Å². The Morgan fingerprint density at radius 1 is 1.39 bits per heavy atom. The lowest BCUT2D eigenvalue weighted by molar-refractivity contribution is -0.128. The second-order valence-corrected chi connectivity index (χ2v) is 6.23. The maximum atomic E-state index is 12.1. The quantitative estimate of drug-likeness (QED) is 0.831. The third-order valence-corrected chi connectivity index (χ3v) is 4.33. The largest absolute Gasteiger partial charge is 0.375 e. The molecule has 0 aliphatic carbocycles. The van der Waals surface area contributed by atoms with Crippen molar-refractivity contribution in [2.75, 3.05) is 20.2 Å². The van der Waals surface area contributed by atoms with Crippen LogP contribution < -0.4 is 5.32 Å². The van der Waals surface area contributed by atoms with E-state index in [2.05, 4.69) is 5.32 Å². The molecule has 2 atom stereocenters. The molecule has 1 heterocycles. The molecule has 126 valence electrons. The van der Waals surface area contributed by atoms with Crippen LogP contribution in [0.4, 0.5) is 0 Å². The number of carbonyl (C=O) groups is 2. The Balaban J connectivity index is 1.85. The molecule has 0 bridgehead atoms. The number of hydrogen-bond donors (Lipinski definition) is 1. The molecule has 2 amide bonds. The second kappa shape index (κ2) is 8.31. The minimum absolute atomic E-state index is 0.0757. The maximum absolute atomic E-state index is 12.1. The highest BCUT2D eigenvalue weighted by Gasteiger charge is 2.23. The van der Waals surface area contributed by atoms with E-state index in [0.29, 0.717) is 24.4 Å². The molecule has 23 heavy (non-hydrogen) atoms. The summed E-state index contributed by atoms with van der Waals surface area (Å²) in [5, 5.41) is 3.61. The van der Waals surface area contributed by atoms with Crippen LogP contribution in [0.1, 0.15) is 37.9 Å². The molecule has 1 N–H and O–H groups in total. The SMILES string of the molecule is CO[C@H](c1ccc(Cl)cc1)[C@@H](C)NC(=O)CCN1CCCC1=O. The zero-order valence-electron chi connectivity index (χ0n) is 13.5. The van der Waals surface area contributed by atoms with Gasteiger partial charge in [-0.3, -0.25) is 9.59 Å². The zero-order valence-corrected chi connectivity index (χ0v) is 14.3. The Hall–Kier alpha value is -1.59. The Bertz CT molecular complexity index is 547. The van der Waals surface area contributed by atoms with Gasteiger partial charge >= 0.3 is 0 Å². The molecule has 1 aromatic rings. The standard InChI is InChI=1S/C17H23ClN2O3/c1-12(17(23-2)13-5-7-14(18)8-6-13)19-15(21)9-11-20-10-3-4-16(20)22/h5-8,12,17H,3-4,9-11H2,1-2H3,(H,19,21)/t12-,17+/m1/s1. The molecule has 0 aromatic heterocycles. The normalized spacial score (nSPS) is 17.2. The molecule has 1 saturated heterocycles. The van der Waals surface area contributed by atoms with Crippen LogP contribution in [0.15, 0.2) is 24.3 Å². The van der Waals surface area contributed by atoms with Crippen LogP contribution in [0.5, 0.6) is 0 Å². The van der Waals surface area contributed by atoms with Gasteiger partial charge in [-0.15, -0.1) is 0 Å². The third kappa shape index (κ3) is 4.94. The molecule has 1 aliphatic heterocycles. The molecule has 0 radical (unpaired) electrons.